The quantitative estimate of drug-likeness (QED) is 0.929. The molecule has 3 nitrogen and oxygen atoms in total. The molecule has 1 saturated heterocycles. The van der Waals surface area contributed by atoms with Gasteiger partial charge < -0.3 is 5.73 Å². The van der Waals surface area contributed by atoms with Gasteiger partial charge in [-0.25, -0.2) is 0 Å². The van der Waals surface area contributed by atoms with Crippen LogP contribution < -0.4 is 5.73 Å². The van der Waals surface area contributed by atoms with Crippen molar-refractivity contribution in [2.75, 3.05) is 13.1 Å². The second-order valence-electron chi connectivity index (χ2n) is 4.71. The number of aromatic nitrogens is 1. The largest absolute Gasteiger partial charge is 0.330 e. The summed E-state index contributed by atoms with van der Waals surface area (Å²) in [5, 5.41) is 0. The molecule has 2 N–H and O–H groups in total. The fraction of sp³-hybridized carbons (Fsp3) is 0.615. The van der Waals surface area contributed by atoms with Crippen molar-refractivity contribution < 1.29 is 0 Å². The lowest BCUT2D eigenvalue weighted by Crippen LogP contribution is -2.40. The van der Waals surface area contributed by atoms with Crippen molar-refractivity contribution in [3.05, 3.63) is 28.5 Å². The van der Waals surface area contributed by atoms with Gasteiger partial charge in [-0.05, 0) is 59.9 Å². The molecule has 17 heavy (non-hydrogen) atoms. The summed E-state index contributed by atoms with van der Waals surface area (Å²) in [7, 11) is 0. The maximum Gasteiger partial charge on any atom is 0.0410 e. The maximum atomic E-state index is 5.69. The average molecular weight is 298 g/mol. The van der Waals surface area contributed by atoms with Crippen LogP contribution in [0.15, 0.2) is 22.9 Å². The van der Waals surface area contributed by atoms with Gasteiger partial charge >= 0.3 is 0 Å². The Labute approximate surface area is 112 Å². The molecule has 0 saturated carbocycles. The van der Waals surface area contributed by atoms with Gasteiger partial charge in [0.1, 0.15) is 0 Å². The van der Waals surface area contributed by atoms with E-state index in [0.717, 1.165) is 24.0 Å². The summed E-state index contributed by atoms with van der Waals surface area (Å²) in [4.78, 5) is 6.78. The van der Waals surface area contributed by atoms with E-state index in [1.807, 2.05) is 12.4 Å². The zero-order valence-corrected chi connectivity index (χ0v) is 11.7. The number of likely N-dealkylation sites (tertiary alicyclic amines) is 1. The molecule has 0 aliphatic carbocycles. The van der Waals surface area contributed by atoms with Crippen molar-refractivity contribution in [3.63, 3.8) is 0 Å². The average Bonchev–Trinajstić information content (AvgIpc) is 2.32. The van der Waals surface area contributed by atoms with Gasteiger partial charge in [0, 0.05) is 29.5 Å². The molecular weight excluding hydrogens is 278 g/mol. The molecule has 4 heteroatoms. The Bertz CT molecular complexity index is 354. The first-order valence-electron chi connectivity index (χ1n) is 6.33. The number of rotatable bonds is 4. The van der Waals surface area contributed by atoms with Crippen LogP contribution in [0, 0.1) is 0 Å². The normalized spacial score (nSPS) is 21.6. The van der Waals surface area contributed by atoms with Gasteiger partial charge in [0.05, 0.1) is 0 Å². The maximum absolute atomic E-state index is 5.69. The molecule has 0 amide bonds. The van der Waals surface area contributed by atoms with Crippen LogP contribution in [0.3, 0.4) is 0 Å². The van der Waals surface area contributed by atoms with Crippen LogP contribution in [0.5, 0.6) is 0 Å². The summed E-state index contributed by atoms with van der Waals surface area (Å²) < 4.78 is 1.06. The number of hydrogen-bond acceptors (Lipinski definition) is 3. The van der Waals surface area contributed by atoms with Crippen LogP contribution in [-0.4, -0.2) is 29.0 Å². The zero-order valence-electron chi connectivity index (χ0n) is 10.1. The van der Waals surface area contributed by atoms with E-state index >= 15 is 0 Å². The van der Waals surface area contributed by atoms with Crippen molar-refractivity contribution in [2.24, 2.45) is 5.73 Å². The molecule has 0 bridgehead atoms. The Balaban J connectivity index is 2.00. The van der Waals surface area contributed by atoms with E-state index in [0.29, 0.717) is 6.04 Å². The minimum absolute atomic E-state index is 0.660. The van der Waals surface area contributed by atoms with E-state index in [4.69, 9.17) is 5.73 Å². The fourth-order valence-electron chi connectivity index (χ4n) is 2.56. The minimum atomic E-state index is 0.660. The Kier molecular flexibility index (Phi) is 4.95. The monoisotopic (exact) mass is 297 g/mol. The molecule has 1 aromatic rings. The third-order valence-electron chi connectivity index (χ3n) is 3.40. The predicted octanol–water partition coefficient (Wildman–Crippen LogP) is 2.55. The van der Waals surface area contributed by atoms with Gasteiger partial charge in [-0.3, -0.25) is 9.88 Å². The van der Waals surface area contributed by atoms with E-state index in [2.05, 4.69) is 31.9 Å². The molecule has 1 aliphatic heterocycles. The topological polar surface area (TPSA) is 42.1 Å². The lowest BCUT2D eigenvalue weighted by atomic mass is 9.99. The Morgan fingerprint density at radius 1 is 1.41 bits per heavy atom. The fourth-order valence-corrected chi connectivity index (χ4v) is 2.98. The molecular formula is C13H20BrN3. The first-order chi connectivity index (χ1) is 8.29. The van der Waals surface area contributed by atoms with Crippen LogP contribution in [0.4, 0.5) is 0 Å². The molecule has 2 rings (SSSR count). The van der Waals surface area contributed by atoms with Gasteiger partial charge in [-0.15, -0.1) is 0 Å². The number of piperidine rings is 1. The first kappa shape index (κ1) is 13.0. The Hall–Kier alpha value is -0.450. The number of halogens is 1. The first-order valence-corrected chi connectivity index (χ1v) is 7.12. The highest BCUT2D eigenvalue weighted by Gasteiger charge is 2.21. The van der Waals surface area contributed by atoms with Crippen LogP contribution in [0.25, 0.3) is 0 Å². The third-order valence-corrected chi connectivity index (χ3v) is 3.83. The Morgan fingerprint density at radius 2 is 2.29 bits per heavy atom. The van der Waals surface area contributed by atoms with Crippen molar-refractivity contribution in [3.8, 4) is 0 Å². The highest BCUT2D eigenvalue weighted by Crippen LogP contribution is 2.22. The van der Waals surface area contributed by atoms with Crippen molar-refractivity contribution >= 4 is 15.9 Å². The number of pyridine rings is 1. The van der Waals surface area contributed by atoms with Gasteiger partial charge in [0.2, 0.25) is 0 Å². The molecule has 1 aromatic heterocycles. The molecule has 0 aromatic carbocycles. The zero-order chi connectivity index (χ0) is 12.1. The van der Waals surface area contributed by atoms with E-state index in [1.165, 1.54) is 31.4 Å². The molecule has 1 unspecified atom stereocenters. The lowest BCUT2D eigenvalue weighted by Gasteiger charge is -2.35. The van der Waals surface area contributed by atoms with E-state index in [-0.39, 0.29) is 0 Å². The van der Waals surface area contributed by atoms with Gasteiger partial charge in [0.25, 0.3) is 0 Å². The summed E-state index contributed by atoms with van der Waals surface area (Å²) in [6.07, 6.45) is 8.84. The summed E-state index contributed by atoms with van der Waals surface area (Å²) in [5.74, 6) is 0. The highest BCUT2D eigenvalue weighted by atomic mass is 79.9. The van der Waals surface area contributed by atoms with E-state index in [1.54, 1.807) is 0 Å². The van der Waals surface area contributed by atoms with Gasteiger partial charge in [0.15, 0.2) is 0 Å². The predicted molar refractivity (Wildman–Crippen MR) is 73.7 cm³/mol. The van der Waals surface area contributed by atoms with Crippen LogP contribution in [0.2, 0.25) is 0 Å². The third kappa shape index (κ3) is 3.76. The molecule has 2 heterocycles. The minimum Gasteiger partial charge on any atom is -0.330 e. The number of nitrogens with zero attached hydrogens (tertiary/aromatic N) is 2. The van der Waals surface area contributed by atoms with Gasteiger partial charge in [-0.1, -0.05) is 6.42 Å². The second-order valence-corrected chi connectivity index (χ2v) is 5.62. The molecule has 0 spiro atoms. The van der Waals surface area contributed by atoms with E-state index in [9.17, 15) is 0 Å². The Morgan fingerprint density at radius 3 is 3.06 bits per heavy atom. The second kappa shape index (κ2) is 6.47. The standard InChI is InChI=1S/C13H20BrN3/c14-12-7-11(8-16-9-12)10-17-6-2-1-3-13(17)4-5-15/h7-9,13H,1-6,10,15H2. The highest BCUT2D eigenvalue weighted by molar-refractivity contribution is 9.10. The molecule has 1 atom stereocenters. The van der Waals surface area contributed by atoms with Crippen LogP contribution in [0.1, 0.15) is 31.2 Å². The smallest absolute Gasteiger partial charge is 0.0410 e. The SMILES string of the molecule is NCCC1CCCCN1Cc1cncc(Br)c1. The summed E-state index contributed by atoms with van der Waals surface area (Å²) in [6, 6.07) is 2.81. The summed E-state index contributed by atoms with van der Waals surface area (Å²) in [6.45, 7) is 2.98. The summed E-state index contributed by atoms with van der Waals surface area (Å²) >= 11 is 3.47. The molecule has 1 aliphatic rings. The number of hydrogen-bond donors (Lipinski definition) is 1. The van der Waals surface area contributed by atoms with Crippen LogP contribution >= 0.6 is 15.9 Å². The van der Waals surface area contributed by atoms with Crippen LogP contribution in [-0.2, 0) is 6.54 Å². The van der Waals surface area contributed by atoms with Crippen molar-refractivity contribution in [1.82, 2.24) is 9.88 Å². The summed E-state index contributed by atoms with van der Waals surface area (Å²) in [5.41, 5.74) is 6.97. The lowest BCUT2D eigenvalue weighted by molar-refractivity contribution is 0.134. The van der Waals surface area contributed by atoms with Crippen molar-refractivity contribution in [1.29, 1.82) is 0 Å². The molecule has 1 fully saturated rings. The molecule has 0 radical (unpaired) electrons. The molecule has 94 valence electrons. The van der Waals surface area contributed by atoms with Crippen molar-refractivity contribution in [2.45, 2.75) is 38.3 Å². The van der Waals surface area contributed by atoms with E-state index < -0.39 is 0 Å². The van der Waals surface area contributed by atoms with Gasteiger partial charge in [-0.2, -0.15) is 0 Å². The number of nitrogens with two attached hydrogens (primary N) is 1.